The maximum Gasteiger partial charge on any atom is 0.167 e. The average molecular weight is 287 g/mol. The third-order valence-corrected chi connectivity index (χ3v) is 4.46. The number of nitrogens with zero attached hydrogens (tertiary/aromatic N) is 1. The van der Waals surface area contributed by atoms with E-state index in [1.54, 1.807) is 11.8 Å². The lowest BCUT2D eigenvalue weighted by molar-refractivity contribution is 0.464. The normalized spacial score (nSPS) is 14.6. The molecule has 0 saturated heterocycles. The predicted molar refractivity (Wildman–Crippen MR) is 81.8 cm³/mol. The zero-order valence-corrected chi connectivity index (χ0v) is 12.3. The van der Waals surface area contributed by atoms with Crippen LogP contribution in [0.5, 0.6) is 0 Å². The summed E-state index contributed by atoms with van der Waals surface area (Å²) in [6.45, 7) is 3.92. The first kappa shape index (κ1) is 13.3. The number of nitrogens with two attached hydrogens (primary N) is 1. The van der Waals surface area contributed by atoms with Crippen molar-refractivity contribution in [2.24, 2.45) is 5.73 Å². The Balaban J connectivity index is 1.89. The number of aryl methyl sites for hydroxylation is 1. The van der Waals surface area contributed by atoms with E-state index in [0.717, 1.165) is 27.7 Å². The number of thioether (sulfide) groups is 1. The van der Waals surface area contributed by atoms with Crippen LogP contribution in [0, 0.1) is 6.92 Å². The van der Waals surface area contributed by atoms with Crippen LogP contribution in [0.4, 0.5) is 0 Å². The van der Waals surface area contributed by atoms with Gasteiger partial charge in [-0.05, 0) is 38.1 Å². The second-order valence-corrected chi connectivity index (χ2v) is 6.04. The van der Waals surface area contributed by atoms with Gasteiger partial charge in [0.05, 0.1) is 16.3 Å². The molecule has 0 fully saturated rings. The summed E-state index contributed by atoms with van der Waals surface area (Å²) in [5.41, 5.74) is 8.10. The molecule has 0 aliphatic rings. The maximum absolute atomic E-state index is 6.10. The molecular weight excluding hydrogens is 270 g/mol. The molecule has 2 heterocycles. The zero-order chi connectivity index (χ0) is 14.1. The standard InChI is InChI=1S/C15H17N3OS/c1-9-7-8-13(19-9)14(10(2)16)20-15-17-11-5-3-4-6-12(11)18-15/h3-8,10,14H,16H2,1-2H3,(H,17,18). The molecule has 2 atom stereocenters. The number of furan rings is 1. The van der Waals surface area contributed by atoms with Crippen LogP contribution in [-0.2, 0) is 0 Å². The summed E-state index contributed by atoms with van der Waals surface area (Å²) >= 11 is 1.60. The number of benzene rings is 1. The maximum atomic E-state index is 6.10. The van der Waals surface area contributed by atoms with Crippen molar-refractivity contribution < 1.29 is 4.42 Å². The van der Waals surface area contributed by atoms with Gasteiger partial charge in [0.15, 0.2) is 5.16 Å². The van der Waals surface area contributed by atoms with Gasteiger partial charge in [-0.1, -0.05) is 23.9 Å². The summed E-state index contributed by atoms with van der Waals surface area (Å²) in [5.74, 6) is 1.79. The number of hydrogen-bond donors (Lipinski definition) is 2. The average Bonchev–Trinajstić information content (AvgIpc) is 3.01. The first-order chi connectivity index (χ1) is 9.63. The minimum atomic E-state index is -0.0289. The van der Waals surface area contributed by atoms with Crippen LogP contribution in [0.15, 0.2) is 46.0 Å². The second kappa shape index (κ2) is 5.34. The van der Waals surface area contributed by atoms with Gasteiger partial charge in [-0.3, -0.25) is 0 Å². The summed E-state index contributed by atoms with van der Waals surface area (Å²) < 4.78 is 5.71. The molecule has 0 radical (unpaired) electrons. The van der Waals surface area contributed by atoms with E-state index in [1.807, 2.05) is 50.2 Å². The van der Waals surface area contributed by atoms with Crippen molar-refractivity contribution in [2.75, 3.05) is 0 Å². The van der Waals surface area contributed by atoms with Gasteiger partial charge in [0.2, 0.25) is 0 Å². The molecule has 20 heavy (non-hydrogen) atoms. The number of rotatable bonds is 4. The number of nitrogens with one attached hydrogen (secondary N) is 1. The fourth-order valence-corrected chi connectivity index (χ4v) is 3.15. The molecule has 0 saturated carbocycles. The zero-order valence-electron chi connectivity index (χ0n) is 11.5. The molecule has 0 aliphatic carbocycles. The van der Waals surface area contributed by atoms with Gasteiger partial charge in [-0.2, -0.15) is 0 Å². The van der Waals surface area contributed by atoms with Crippen molar-refractivity contribution in [3.05, 3.63) is 47.9 Å². The lowest BCUT2D eigenvalue weighted by Crippen LogP contribution is -2.22. The molecular formula is C15H17N3OS. The van der Waals surface area contributed by atoms with Crippen molar-refractivity contribution in [3.63, 3.8) is 0 Å². The molecule has 4 nitrogen and oxygen atoms in total. The fraction of sp³-hybridized carbons (Fsp3) is 0.267. The molecule has 3 aromatic rings. The summed E-state index contributed by atoms with van der Waals surface area (Å²) in [7, 11) is 0. The highest BCUT2D eigenvalue weighted by Crippen LogP contribution is 2.37. The van der Waals surface area contributed by atoms with E-state index >= 15 is 0 Å². The van der Waals surface area contributed by atoms with Crippen LogP contribution >= 0.6 is 11.8 Å². The number of fused-ring (bicyclic) bond motifs is 1. The molecule has 104 valence electrons. The first-order valence-electron chi connectivity index (χ1n) is 6.57. The van der Waals surface area contributed by atoms with E-state index in [0.29, 0.717) is 0 Å². The quantitative estimate of drug-likeness (QED) is 0.719. The molecule has 0 spiro atoms. The smallest absolute Gasteiger partial charge is 0.167 e. The second-order valence-electron chi connectivity index (χ2n) is 4.91. The highest BCUT2D eigenvalue weighted by molar-refractivity contribution is 7.99. The number of para-hydroxylation sites is 2. The number of imidazole rings is 1. The molecule has 5 heteroatoms. The van der Waals surface area contributed by atoms with E-state index in [1.165, 1.54) is 0 Å². The summed E-state index contributed by atoms with van der Waals surface area (Å²) in [6.07, 6.45) is 0. The van der Waals surface area contributed by atoms with Crippen LogP contribution in [0.25, 0.3) is 11.0 Å². The molecule has 0 aliphatic heterocycles. The summed E-state index contributed by atoms with van der Waals surface area (Å²) in [6, 6.07) is 11.9. The Bertz CT molecular complexity index is 684. The van der Waals surface area contributed by atoms with Crippen molar-refractivity contribution in [1.82, 2.24) is 9.97 Å². The number of aromatic nitrogens is 2. The fourth-order valence-electron chi connectivity index (χ4n) is 2.14. The van der Waals surface area contributed by atoms with Gasteiger partial charge in [-0.25, -0.2) is 4.98 Å². The van der Waals surface area contributed by atoms with E-state index in [2.05, 4.69) is 9.97 Å². The predicted octanol–water partition coefficient (Wildman–Crippen LogP) is 3.64. The third-order valence-electron chi connectivity index (χ3n) is 3.13. The highest BCUT2D eigenvalue weighted by atomic mass is 32.2. The Morgan fingerprint density at radius 1 is 1.25 bits per heavy atom. The Kier molecular flexibility index (Phi) is 3.54. The van der Waals surface area contributed by atoms with Crippen molar-refractivity contribution in [2.45, 2.75) is 30.3 Å². The van der Waals surface area contributed by atoms with Gasteiger partial charge in [0.1, 0.15) is 11.5 Å². The van der Waals surface area contributed by atoms with Crippen molar-refractivity contribution in [3.8, 4) is 0 Å². The molecule has 2 aromatic heterocycles. The van der Waals surface area contributed by atoms with Gasteiger partial charge in [0, 0.05) is 6.04 Å². The van der Waals surface area contributed by atoms with Gasteiger partial charge in [-0.15, -0.1) is 0 Å². The topological polar surface area (TPSA) is 67.8 Å². The molecule has 0 bridgehead atoms. The molecule has 1 aromatic carbocycles. The van der Waals surface area contributed by atoms with E-state index in [9.17, 15) is 0 Å². The number of hydrogen-bond acceptors (Lipinski definition) is 4. The van der Waals surface area contributed by atoms with Crippen molar-refractivity contribution >= 4 is 22.8 Å². The SMILES string of the molecule is Cc1ccc(C(Sc2nc3ccccc3[nH]2)C(C)N)o1. The van der Waals surface area contributed by atoms with Gasteiger partial charge >= 0.3 is 0 Å². The minimum absolute atomic E-state index is 0.0289. The Hall–Kier alpha value is -1.72. The monoisotopic (exact) mass is 287 g/mol. The molecule has 2 unspecified atom stereocenters. The van der Waals surface area contributed by atoms with E-state index in [-0.39, 0.29) is 11.3 Å². The molecule has 3 rings (SSSR count). The van der Waals surface area contributed by atoms with Crippen molar-refractivity contribution in [1.29, 1.82) is 0 Å². The van der Waals surface area contributed by atoms with Crippen LogP contribution in [0.1, 0.15) is 23.7 Å². The van der Waals surface area contributed by atoms with Gasteiger partial charge in [0.25, 0.3) is 0 Å². The van der Waals surface area contributed by atoms with Gasteiger partial charge < -0.3 is 15.1 Å². The van der Waals surface area contributed by atoms with Crippen LogP contribution in [0.2, 0.25) is 0 Å². The minimum Gasteiger partial charge on any atom is -0.465 e. The highest BCUT2D eigenvalue weighted by Gasteiger charge is 2.22. The van der Waals surface area contributed by atoms with E-state index < -0.39 is 0 Å². The number of H-pyrrole nitrogens is 1. The summed E-state index contributed by atoms with van der Waals surface area (Å²) in [4.78, 5) is 7.89. The lowest BCUT2D eigenvalue weighted by atomic mass is 10.2. The number of aromatic amines is 1. The van der Waals surface area contributed by atoms with Crippen LogP contribution < -0.4 is 5.73 Å². The lowest BCUT2D eigenvalue weighted by Gasteiger charge is -2.16. The Morgan fingerprint density at radius 3 is 2.70 bits per heavy atom. The summed E-state index contributed by atoms with van der Waals surface area (Å²) in [5, 5.41) is 0.909. The molecule has 0 amide bonds. The van der Waals surface area contributed by atoms with Crippen LogP contribution in [0.3, 0.4) is 0 Å². The van der Waals surface area contributed by atoms with Crippen LogP contribution in [-0.4, -0.2) is 16.0 Å². The largest absolute Gasteiger partial charge is 0.465 e. The van der Waals surface area contributed by atoms with E-state index in [4.69, 9.17) is 10.2 Å². The first-order valence-corrected chi connectivity index (χ1v) is 7.45. The Labute approximate surface area is 121 Å². The molecule has 3 N–H and O–H groups in total. The third kappa shape index (κ3) is 2.59. The Morgan fingerprint density at radius 2 is 2.05 bits per heavy atom.